The maximum Gasteiger partial charge on any atom is 0.165 e. The number of anilines is 2. The van der Waals surface area contributed by atoms with Crippen molar-refractivity contribution in [2.45, 2.75) is 0 Å². The predicted octanol–water partition coefficient (Wildman–Crippen LogP) is 4.21. The van der Waals surface area contributed by atoms with Gasteiger partial charge in [0.15, 0.2) is 11.6 Å². The summed E-state index contributed by atoms with van der Waals surface area (Å²) in [4.78, 5) is 0. The summed E-state index contributed by atoms with van der Waals surface area (Å²) in [5, 5.41) is 12.0. The minimum absolute atomic E-state index is 0.178. The second-order valence-corrected chi connectivity index (χ2v) is 4.64. The average molecular weight is 321 g/mol. The zero-order valence-corrected chi connectivity index (χ0v) is 11.7. The van der Waals surface area contributed by atoms with Gasteiger partial charge in [0.1, 0.15) is 6.07 Å². The van der Waals surface area contributed by atoms with Gasteiger partial charge in [-0.15, -0.1) is 0 Å². The van der Waals surface area contributed by atoms with E-state index in [1.807, 2.05) is 0 Å². The van der Waals surface area contributed by atoms with Crippen molar-refractivity contribution < 1.29 is 9.13 Å². The Morgan fingerprint density at radius 2 is 1.89 bits per heavy atom. The molecule has 0 aliphatic heterocycles. The SMILES string of the molecule is COc1cc(Nc2ccc(C#N)c(Br)c2)ccc1F. The first-order valence-electron chi connectivity index (χ1n) is 5.44. The van der Waals surface area contributed by atoms with Crippen molar-refractivity contribution in [3.8, 4) is 11.8 Å². The van der Waals surface area contributed by atoms with Gasteiger partial charge in [0.2, 0.25) is 0 Å². The molecule has 2 rings (SSSR count). The zero-order valence-electron chi connectivity index (χ0n) is 10.1. The standard InChI is InChI=1S/C14H10BrFN2O/c1-19-14-7-11(4-5-13(14)16)18-10-3-2-9(8-17)12(15)6-10/h2-7,18H,1H3. The van der Waals surface area contributed by atoms with Crippen LogP contribution in [0.3, 0.4) is 0 Å². The number of benzene rings is 2. The van der Waals surface area contributed by atoms with E-state index < -0.39 is 5.82 Å². The van der Waals surface area contributed by atoms with E-state index in [4.69, 9.17) is 10.00 Å². The highest BCUT2D eigenvalue weighted by molar-refractivity contribution is 9.10. The number of ether oxygens (including phenoxy) is 1. The van der Waals surface area contributed by atoms with E-state index >= 15 is 0 Å². The molecule has 0 aliphatic carbocycles. The molecule has 0 heterocycles. The lowest BCUT2D eigenvalue weighted by molar-refractivity contribution is 0.387. The first kappa shape index (κ1) is 13.4. The largest absolute Gasteiger partial charge is 0.494 e. The van der Waals surface area contributed by atoms with Crippen molar-refractivity contribution in [1.29, 1.82) is 5.26 Å². The second-order valence-electron chi connectivity index (χ2n) is 3.78. The third-order valence-corrected chi connectivity index (χ3v) is 3.19. The molecule has 2 aromatic rings. The van der Waals surface area contributed by atoms with Gasteiger partial charge in [-0.05, 0) is 46.3 Å². The van der Waals surface area contributed by atoms with Crippen molar-refractivity contribution in [1.82, 2.24) is 0 Å². The molecule has 0 bridgehead atoms. The van der Waals surface area contributed by atoms with Crippen LogP contribution in [0.15, 0.2) is 40.9 Å². The Hall–Kier alpha value is -2.06. The van der Waals surface area contributed by atoms with E-state index in [1.165, 1.54) is 13.2 Å². The summed E-state index contributed by atoms with van der Waals surface area (Å²) < 4.78 is 18.9. The topological polar surface area (TPSA) is 45.0 Å². The van der Waals surface area contributed by atoms with Crippen LogP contribution in [0.2, 0.25) is 0 Å². The number of nitrogens with zero attached hydrogens (tertiary/aromatic N) is 1. The van der Waals surface area contributed by atoms with Crippen LogP contribution in [-0.2, 0) is 0 Å². The molecule has 5 heteroatoms. The van der Waals surface area contributed by atoms with Gasteiger partial charge in [-0.25, -0.2) is 4.39 Å². The number of nitriles is 1. The van der Waals surface area contributed by atoms with Crippen molar-refractivity contribution in [2.24, 2.45) is 0 Å². The second kappa shape index (κ2) is 5.72. The first-order chi connectivity index (χ1) is 9.13. The third-order valence-electron chi connectivity index (χ3n) is 2.53. The molecular weight excluding hydrogens is 311 g/mol. The van der Waals surface area contributed by atoms with Crippen LogP contribution in [0.4, 0.5) is 15.8 Å². The van der Waals surface area contributed by atoms with E-state index in [2.05, 4.69) is 27.3 Å². The Morgan fingerprint density at radius 3 is 2.53 bits per heavy atom. The van der Waals surface area contributed by atoms with E-state index in [-0.39, 0.29) is 5.75 Å². The molecule has 1 N–H and O–H groups in total. The predicted molar refractivity (Wildman–Crippen MR) is 75.1 cm³/mol. The Labute approximate surface area is 118 Å². The fraction of sp³-hybridized carbons (Fsp3) is 0.0714. The lowest BCUT2D eigenvalue weighted by atomic mass is 10.2. The number of hydrogen-bond acceptors (Lipinski definition) is 3. The van der Waals surface area contributed by atoms with Crippen LogP contribution in [0, 0.1) is 17.1 Å². The molecule has 0 aliphatic rings. The van der Waals surface area contributed by atoms with Crippen molar-refractivity contribution >= 4 is 27.3 Å². The lowest BCUT2D eigenvalue weighted by Gasteiger charge is -2.09. The van der Waals surface area contributed by atoms with Crippen molar-refractivity contribution in [3.05, 3.63) is 52.3 Å². The molecule has 0 saturated heterocycles. The van der Waals surface area contributed by atoms with Crippen molar-refractivity contribution in [3.63, 3.8) is 0 Å². The average Bonchev–Trinajstić information content (AvgIpc) is 2.41. The minimum Gasteiger partial charge on any atom is -0.494 e. The molecule has 2 aromatic carbocycles. The first-order valence-corrected chi connectivity index (χ1v) is 6.23. The number of hydrogen-bond donors (Lipinski definition) is 1. The molecule has 0 radical (unpaired) electrons. The molecule has 3 nitrogen and oxygen atoms in total. The monoisotopic (exact) mass is 320 g/mol. The highest BCUT2D eigenvalue weighted by Gasteiger charge is 2.05. The Kier molecular flexibility index (Phi) is 4.03. The van der Waals surface area contributed by atoms with E-state index in [0.29, 0.717) is 15.7 Å². The van der Waals surface area contributed by atoms with Gasteiger partial charge in [-0.3, -0.25) is 0 Å². The van der Waals surface area contributed by atoms with Crippen LogP contribution < -0.4 is 10.1 Å². The highest BCUT2D eigenvalue weighted by Crippen LogP contribution is 2.26. The molecule has 19 heavy (non-hydrogen) atoms. The fourth-order valence-electron chi connectivity index (χ4n) is 1.59. The van der Waals surface area contributed by atoms with Gasteiger partial charge in [0, 0.05) is 21.9 Å². The van der Waals surface area contributed by atoms with E-state index in [1.54, 1.807) is 30.3 Å². The maximum absolute atomic E-state index is 13.3. The molecule has 0 aromatic heterocycles. The van der Waals surface area contributed by atoms with Crippen LogP contribution in [0.25, 0.3) is 0 Å². The van der Waals surface area contributed by atoms with Gasteiger partial charge in [0.05, 0.1) is 12.7 Å². The molecule has 0 atom stereocenters. The third kappa shape index (κ3) is 3.04. The molecule has 0 spiro atoms. The maximum atomic E-state index is 13.3. The Bertz CT molecular complexity index is 643. The van der Waals surface area contributed by atoms with Gasteiger partial charge < -0.3 is 10.1 Å². The number of rotatable bonds is 3. The highest BCUT2D eigenvalue weighted by atomic mass is 79.9. The zero-order chi connectivity index (χ0) is 13.8. The van der Waals surface area contributed by atoms with E-state index in [0.717, 1.165) is 5.69 Å². The van der Waals surface area contributed by atoms with Gasteiger partial charge in [0.25, 0.3) is 0 Å². The van der Waals surface area contributed by atoms with Gasteiger partial charge >= 0.3 is 0 Å². The summed E-state index contributed by atoms with van der Waals surface area (Å²) in [6.07, 6.45) is 0. The normalized spacial score (nSPS) is 9.79. The summed E-state index contributed by atoms with van der Waals surface area (Å²) in [6.45, 7) is 0. The summed E-state index contributed by atoms with van der Waals surface area (Å²) in [5.74, 6) is -0.230. The minimum atomic E-state index is -0.408. The molecule has 96 valence electrons. The van der Waals surface area contributed by atoms with Gasteiger partial charge in [-0.2, -0.15) is 5.26 Å². The smallest absolute Gasteiger partial charge is 0.165 e. The Morgan fingerprint density at radius 1 is 1.21 bits per heavy atom. The Balaban J connectivity index is 2.26. The lowest BCUT2D eigenvalue weighted by Crippen LogP contribution is -1.94. The van der Waals surface area contributed by atoms with Gasteiger partial charge in [-0.1, -0.05) is 0 Å². The molecular formula is C14H10BrFN2O. The molecule has 0 amide bonds. The van der Waals surface area contributed by atoms with Crippen LogP contribution >= 0.6 is 15.9 Å². The number of nitrogens with one attached hydrogen (secondary N) is 1. The van der Waals surface area contributed by atoms with Crippen LogP contribution in [-0.4, -0.2) is 7.11 Å². The fourth-order valence-corrected chi connectivity index (χ4v) is 2.06. The summed E-state index contributed by atoms with van der Waals surface area (Å²) in [7, 11) is 1.42. The van der Waals surface area contributed by atoms with E-state index in [9.17, 15) is 4.39 Å². The number of halogens is 2. The van der Waals surface area contributed by atoms with Crippen LogP contribution in [0.1, 0.15) is 5.56 Å². The molecule has 0 unspecified atom stereocenters. The summed E-state index contributed by atoms with van der Waals surface area (Å²) >= 11 is 3.31. The van der Waals surface area contributed by atoms with Crippen LogP contribution in [0.5, 0.6) is 5.75 Å². The number of methoxy groups -OCH3 is 1. The summed E-state index contributed by atoms with van der Waals surface area (Å²) in [5.41, 5.74) is 2.05. The molecule has 0 saturated carbocycles. The quantitative estimate of drug-likeness (QED) is 0.921. The molecule has 0 fully saturated rings. The summed E-state index contributed by atoms with van der Waals surface area (Å²) in [6, 6.07) is 11.9. The van der Waals surface area contributed by atoms with Crippen molar-refractivity contribution in [2.75, 3.05) is 12.4 Å².